The first-order chi connectivity index (χ1) is 9.57. The van der Waals surface area contributed by atoms with E-state index in [1.165, 1.54) is 6.20 Å². The van der Waals surface area contributed by atoms with Crippen LogP contribution in [0.3, 0.4) is 0 Å². The minimum Gasteiger partial charge on any atom is -0.255 e. The first kappa shape index (κ1) is 12.8. The number of hydrogen-bond acceptors (Lipinski definition) is 3. The third-order valence-corrected chi connectivity index (χ3v) is 4.94. The first-order valence-corrected chi connectivity index (χ1v) is 7.72. The molecule has 0 saturated carbocycles. The molecule has 0 radical (unpaired) electrons. The van der Waals surface area contributed by atoms with Crippen molar-refractivity contribution >= 4 is 20.7 Å². The molecule has 3 aromatic rings. The van der Waals surface area contributed by atoms with Crippen molar-refractivity contribution in [3.05, 3.63) is 66.4 Å². The monoisotopic (exact) mass is 283 g/mol. The van der Waals surface area contributed by atoms with Crippen LogP contribution >= 0.6 is 0 Å². The Hall–Kier alpha value is -2.20. The van der Waals surface area contributed by atoms with Gasteiger partial charge in [-0.05, 0) is 31.2 Å². The van der Waals surface area contributed by atoms with Gasteiger partial charge in [-0.3, -0.25) is 4.98 Å². The number of fused-ring (bicyclic) bond motifs is 1. The largest absolute Gasteiger partial charge is 0.255 e. The lowest BCUT2D eigenvalue weighted by atomic mass is 10.2. The molecule has 0 N–H and O–H groups in total. The number of nitrogens with zero attached hydrogens (tertiary/aromatic N) is 1. The lowest BCUT2D eigenvalue weighted by Gasteiger charge is -2.06. The molecular weight excluding hydrogens is 270 g/mol. The van der Waals surface area contributed by atoms with Crippen LogP contribution in [0.5, 0.6) is 0 Å². The lowest BCUT2D eigenvalue weighted by Crippen LogP contribution is -2.02. The van der Waals surface area contributed by atoms with Gasteiger partial charge in [-0.15, -0.1) is 0 Å². The highest BCUT2D eigenvalue weighted by molar-refractivity contribution is 7.91. The van der Waals surface area contributed by atoms with E-state index in [-0.39, 0.29) is 4.90 Å². The molecule has 1 aromatic heterocycles. The van der Waals surface area contributed by atoms with Crippen LogP contribution in [-0.2, 0) is 9.84 Å². The van der Waals surface area contributed by atoms with Gasteiger partial charge in [0, 0.05) is 11.6 Å². The Morgan fingerprint density at radius 1 is 0.900 bits per heavy atom. The highest BCUT2D eigenvalue weighted by Gasteiger charge is 2.18. The molecule has 0 aliphatic heterocycles. The minimum atomic E-state index is -3.51. The van der Waals surface area contributed by atoms with Crippen molar-refractivity contribution in [2.24, 2.45) is 0 Å². The molecule has 20 heavy (non-hydrogen) atoms. The maximum absolute atomic E-state index is 12.5. The molecule has 0 bridgehead atoms. The molecule has 0 aliphatic carbocycles. The van der Waals surface area contributed by atoms with Gasteiger partial charge in [-0.25, -0.2) is 8.42 Å². The molecule has 3 nitrogen and oxygen atoms in total. The van der Waals surface area contributed by atoms with E-state index in [1.807, 2.05) is 31.2 Å². The van der Waals surface area contributed by atoms with E-state index in [1.54, 1.807) is 30.3 Å². The summed E-state index contributed by atoms with van der Waals surface area (Å²) in [4.78, 5) is 4.73. The summed E-state index contributed by atoms with van der Waals surface area (Å²) in [6, 6.07) is 16.0. The van der Waals surface area contributed by atoms with Crippen molar-refractivity contribution < 1.29 is 8.42 Å². The molecule has 0 atom stereocenters. The molecule has 0 amide bonds. The first-order valence-electron chi connectivity index (χ1n) is 6.24. The van der Waals surface area contributed by atoms with Crippen LogP contribution in [0, 0.1) is 6.92 Å². The van der Waals surface area contributed by atoms with E-state index in [0.717, 1.165) is 16.5 Å². The summed E-state index contributed by atoms with van der Waals surface area (Å²) in [7, 11) is -3.51. The molecule has 1 heterocycles. The number of aryl methyl sites for hydroxylation is 1. The molecule has 0 spiro atoms. The smallest absolute Gasteiger partial charge is 0.208 e. The second-order valence-electron chi connectivity index (χ2n) is 4.68. The average molecular weight is 283 g/mol. The number of benzene rings is 2. The Balaban J connectivity index is 2.15. The SMILES string of the molecule is Cc1ccc(S(=O)(=O)c2cnc3ccccc3c2)cc1. The maximum atomic E-state index is 12.5. The Kier molecular flexibility index (Phi) is 3.03. The van der Waals surface area contributed by atoms with Crippen LogP contribution in [0.2, 0.25) is 0 Å². The van der Waals surface area contributed by atoms with Crippen LogP contribution in [0.15, 0.2) is 70.6 Å². The summed E-state index contributed by atoms with van der Waals surface area (Å²) in [6.07, 6.45) is 1.41. The summed E-state index contributed by atoms with van der Waals surface area (Å²) in [5.41, 5.74) is 1.82. The topological polar surface area (TPSA) is 47.0 Å². The zero-order valence-electron chi connectivity index (χ0n) is 10.9. The zero-order valence-corrected chi connectivity index (χ0v) is 11.8. The van der Waals surface area contributed by atoms with Gasteiger partial charge >= 0.3 is 0 Å². The van der Waals surface area contributed by atoms with E-state index >= 15 is 0 Å². The van der Waals surface area contributed by atoms with Crippen molar-refractivity contribution in [3.63, 3.8) is 0 Å². The number of hydrogen-bond donors (Lipinski definition) is 0. The van der Waals surface area contributed by atoms with Crippen LogP contribution in [-0.4, -0.2) is 13.4 Å². The summed E-state index contributed by atoms with van der Waals surface area (Å²) >= 11 is 0. The van der Waals surface area contributed by atoms with Crippen molar-refractivity contribution in [2.75, 3.05) is 0 Å². The quantitative estimate of drug-likeness (QED) is 0.724. The van der Waals surface area contributed by atoms with Crippen LogP contribution < -0.4 is 0 Å². The van der Waals surface area contributed by atoms with E-state index in [9.17, 15) is 8.42 Å². The van der Waals surface area contributed by atoms with E-state index in [2.05, 4.69) is 4.98 Å². The Morgan fingerprint density at radius 2 is 1.60 bits per heavy atom. The van der Waals surface area contributed by atoms with Gasteiger partial charge < -0.3 is 0 Å². The van der Waals surface area contributed by atoms with E-state index in [0.29, 0.717) is 4.90 Å². The molecule has 0 fully saturated rings. The lowest BCUT2D eigenvalue weighted by molar-refractivity contribution is 0.596. The fourth-order valence-corrected chi connectivity index (χ4v) is 3.29. The molecule has 100 valence electrons. The fourth-order valence-electron chi connectivity index (χ4n) is 2.05. The van der Waals surface area contributed by atoms with Crippen molar-refractivity contribution in [3.8, 4) is 0 Å². The van der Waals surface area contributed by atoms with Gasteiger partial charge in [0.2, 0.25) is 9.84 Å². The molecule has 0 saturated heterocycles. The van der Waals surface area contributed by atoms with Gasteiger partial charge in [-0.2, -0.15) is 0 Å². The van der Waals surface area contributed by atoms with Gasteiger partial charge in [0.05, 0.1) is 15.3 Å². The van der Waals surface area contributed by atoms with E-state index < -0.39 is 9.84 Å². The van der Waals surface area contributed by atoms with Gasteiger partial charge in [0.1, 0.15) is 0 Å². The van der Waals surface area contributed by atoms with Gasteiger partial charge in [0.15, 0.2) is 0 Å². The van der Waals surface area contributed by atoms with Crippen LogP contribution in [0.1, 0.15) is 5.56 Å². The standard InChI is InChI=1S/C16H13NO2S/c1-12-6-8-14(9-7-12)20(18,19)15-10-13-4-2-3-5-16(13)17-11-15/h2-11H,1H3. The number of aromatic nitrogens is 1. The van der Waals surface area contributed by atoms with Crippen molar-refractivity contribution in [1.29, 1.82) is 0 Å². The summed E-state index contributed by atoms with van der Waals surface area (Å²) in [5, 5.41) is 0.820. The molecule has 2 aromatic carbocycles. The summed E-state index contributed by atoms with van der Waals surface area (Å²) in [6.45, 7) is 1.92. The molecule has 3 rings (SSSR count). The second kappa shape index (κ2) is 4.72. The van der Waals surface area contributed by atoms with Crippen LogP contribution in [0.25, 0.3) is 10.9 Å². The number of para-hydroxylation sites is 1. The van der Waals surface area contributed by atoms with Crippen molar-refractivity contribution in [2.45, 2.75) is 16.7 Å². The highest BCUT2D eigenvalue weighted by Crippen LogP contribution is 2.23. The predicted octanol–water partition coefficient (Wildman–Crippen LogP) is 3.38. The number of rotatable bonds is 2. The van der Waals surface area contributed by atoms with Gasteiger partial charge in [-0.1, -0.05) is 35.9 Å². The van der Waals surface area contributed by atoms with Gasteiger partial charge in [0.25, 0.3) is 0 Å². The van der Waals surface area contributed by atoms with Crippen molar-refractivity contribution in [1.82, 2.24) is 4.98 Å². The summed E-state index contributed by atoms with van der Waals surface area (Å²) in [5.74, 6) is 0. The third kappa shape index (κ3) is 2.18. The second-order valence-corrected chi connectivity index (χ2v) is 6.63. The normalized spacial score (nSPS) is 11.7. The zero-order chi connectivity index (χ0) is 14.2. The predicted molar refractivity (Wildman–Crippen MR) is 78.4 cm³/mol. The minimum absolute atomic E-state index is 0.222. The molecule has 4 heteroatoms. The Labute approximate surface area is 117 Å². The number of pyridine rings is 1. The molecular formula is C16H13NO2S. The highest BCUT2D eigenvalue weighted by atomic mass is 32.2. The average Bonchev–Trinajstić information content (AvgIpc) is 2.47. The third-order valence-electron chi connectivity index (χ3n) is 3.21. The number of sulfone groups is 1. The van der Waals surface area contributed by atoms with Crippen LogP contribution in [0.4, 0.5) is 0 Å². The molecule has 0 aliphatic rings. The van der Waals surface area contributed by atoms with E-state index in [4.69, 9.17) is 0 Å². The molecule has 0 unspecified atom stereocenters. The fraction of sp³-hybridized carbons (Fsp3) is 0.0625. The summed E-state index contributed by atoms with van der Waals surface area (Å²) < 4.78 is 25.1. The Bertz CT molecular complexity index is 868. The Morgan fingerprint density at radius 3 is 2.35 bits per heavy atom. The maximum Gasteiger partial charge on any atom is 0.208 e.